The minimum Gasteiger partial charge on any atom is -0.457 e. The number of aliphatic imine (C=N–C) groups is 1. The van der Waals surface area contributed by atoms with Gasteiger partial charge in [-0.25, -0.2) is 0 Å². The predicted octanol–water partition coefficient (Wildman–Crippen LogP) is 4.68. The van der Waals surface area contributed by atoms with Gasteiger partial charge in [0.2, 0.25) is 6.41 Å². The first-order valence-corrected chi connectivity index (χ1v) is 12.5. The second kappa shape index (κ2) is 12.6. The maximum Gasteiger partial charge on any atom is 0.207 e. The van der Waals surface area contributed by atoms with Gasteiger partial charge in [0.25, 0.3) is 0 Å². The van der Waals surface area contributed by atoms with Crippen LogP contribution < -0.4 is 21.5 Å². The maximum atomic E-state index is 10.9. The molecule has 37 heavy (non-hydrogen) atoms. The fourth-order valence-electron chi connectivity index (χ4n) is 4.64. The number of nitrogens with one attached hydrogen (secondary N) is 2. The van der Waals surface area contributed by atoms with E-state index in [0.717, 1.165) is 42.7 Å². The highest BCUT2D eigenvalue weighted by atomic mass is 16.5. The molecule has 3 aromatic rings. The Morgan fingerprint density at radius 1 is 1.00 bits per heavy atom. The van der Waals surface area contributed by atoms with Crippen molar-refractivity contribution in [1.29, 1.82) is 5.41 Å². The third-order valence-corrected chi connectivity index (χ3v) is 6.52. The molecule has 6 N–H and O–H groups in total. The fourth-order valence-corrected chi connectivity index (χ4v) is 4.64. The molecule has 1 aliphatic heterocycles. The number of para-hydroxylation sites is 1. The van der Waals surface area contributed by atoms with Gasteiger partial charge in [-0.15, -0.1) is 0 Å². The third-order valence-electron chi connectivity index (χ3n) is 6.52. The second-order valence-electron chi connectivity index (χ2n) is 9.11. The Balaban J connectivity index is 1.62. The van der Waals surface area contributed by atoms with Crippen LogP contribution in [0.25, 0.3) is 5.70 Å². The van der Waals surface area contributed by atoms with Gasteiger partial charge in [-0.1, -0.05) is 48.5 Å². The van der Waals surface area contributed by atoms with E-state index >= 15 is 0 Å². The molecule has 0 radical (unpaired) electrons. The van der Waals surface area contributed by atoms with E-state index in [1.807, 2.05) is 72.8 Å². The summed E-state index contributed by atoms with van der Waals surface area (Å²) in [4.78, 5) is 15.9. The Kier molecular flexibility index (Phi) is 8.84. The number of nitrogens with two attached hydrogens (primary N) is 2. The number of rotatable bonds is 12. The molecule has 7 heteroatoms. The van der Waals surface area contributed by atoms with Crippen LogP contribution in [0.4, 0.5) is 0 Å². The molecule has 1 aliphatic rings. The zero-order chi connectivity index (χ0) is 26.0. The normalized spacial score (nSPS) is 16.0. The van der Waals surface area contributed by atoms with Gasteiger partial charge in [0.1, 0.15) is 17.3 Å². The highest BCUT2D eigenvalue weighted by Gasteiger charge is 2.29. The first-order valence-electron chi connectivity index (χ1n) is 12.5. The third kappa shape index (κ3) is 6.92. The van der Waals surface area contributed by atoms with E-state index in [-0.39, 0.29) is 11.8 Å². The first-order chi connectivity index (χ1) is 18.0. The van der Waals surface area contributed by atoms with Crippen LogP contribution in [0.5, 0.6) is 11.5 Å². The van der Waals surface area contributed by atoms with E-state index in [4.69, 9.17) is 26.6 Å². The van der Waals surface area contributed by atoms with E-state index in [1.165, 1.54) is 5.56 Å². The molecule has 1 heterocycles. The van der Waals surface area contributed by atoms with E-state index in [9.17, 15) is 4.79 Å². The van der Waals surface area contributed by atoms with Crippen LogP contribution >= 0.6 is 0 Å². The molecule has 0 saturated carbocycles. The lowest BCUT2D eigenvalue weighted by molar-refractivity contribution is -0.109. The minimum atomic E-state index is -0.432. The summed E-state index contributed by atoms with van der Waals surface area (Å²) in [6.07, 6.45) is 3.77. The van der Waals surface area contributed by atoms with E-state index in [0.29, 0.717) is 30.0 Å². The Hall–Kier alpha value is -4.23. The number of carbonyl (C=O) groups excluding carboxylic acids is 1. The van der Waals surface area contributed by atoms with Crippen molar-refractivity contribution in [3.8, 4) is 11.5 Å². The molecule has 0 fully saturated rings. The SMILES string of the molecule is N=C(N)C1=C(c2ccc(Oc3ccccc3)cc2)N=C(C(CCNC=O)CCc2ccccc2)CC1N. The summed E-state index contributed by atoms with van der Waals surface area (Å²) in [7, 11) is 0. The van der Waals surface area contributed by atoms with Crippen molar-refractivity contribution in [2.45, 2.75) is 31.7 Å². The van der Waals surface area contributed by atoms with Crippen molar-refractivity contribution < 1.29 is 9.53 Å². The Bertz CT molecular complexity index is 1250. The number of benzene rings is 3. The molecule has 0 saturated heterocycles. The molecule has 2 atom stereocenters. The van der Waals surface area contributed by atoms with Gasteiger partial charge >= 0.3 is 0 Å². The quantitative estimate of drug-likeness (QED) is 0.126. The van der Waals surface area contributed by atoms with Gasteiger partial charge in [-0.05, 0) is 67.1 Å². The lowest BCUT2D eigenvalue weighted by atomic mass is 9.84. The summed E-state index contributed by atoms with van der Waals surface area (Å²) < 4.78 is 5.93. The number of carbonyl (C=O) groups is 1. The molecule has 4 rings (SSSR count). The molecule has 0 aromatic heterocycles. The number of ether oxygens (including phenoxy) is 1. The van der Waals surface area contributed by atoms with Crippen LogP contribution in [0.1, 0.15) is 30.4 Å². The summed E-state index contributed by atoms with van der Waals surface area (Å²) in [5, 5.41) is 11.0. The molecular formula is C30H33N5O2. The van der Waals surface area contributed by atoms with E-state index < -0.39 is 6.04 Å². The summed E-state index contributed by atoms with van der Waals surface area (Å²) in [6.45, 7) is 0.557. The molecule has 1 amide bonds. The molecule has 0 bridgehead atoms. The Morgan fingerprint density at radius 3 is 2.30 bits per heavy atom. The Morgan fingerprint density at radius 2 is 1.65 bits per heavy atom. The number of amidine groups is 1. The molecule has 0 spiro atoms. The number of hydrogen-bond acceptors (Lipinski definition) is 5. The zero-order valence-electron chi connectivity index (χ0n) is 20.8. The smallest absolute Gasteiger partial charge is 0.207 e. The highest BCUT2D eigenvalue weighted by molar-refractivity contribution is 6.08. The zero-order valence-corrected chi connectivity index (χ0v) is 20.8. The topological polar surface area (TPSA) is 127 Å². The number of nitrogens with zero attached hydrogens (tertiary/aromatic N) is 1. The van der Waals surface area contributed by atoms with Crippen molar-refractivity contribution in [3.63, 3.8) is 0 Å². The lowest BCUT2D eigenvalue weighted by Gasteiger charge is -2.29. The van der Waals surface area contributed by atoms with Crippen molar-refractivity contribution in [1.82, 2.24) is 5.32 Å². The number of aryl methyl sites for hydroxylation is 1. The summed E-state index contributed by atoms with van der Waals surface area (Å²) in [6, 6.07) is 27.1. The minimum absolute atomic E-state index is 0.0710. The highest BCUT2D eigenvalue weighted by Crippen LogP contribution is 2.33. The van der Waals surface area contributed by atoms with Gasteiger partial charge in [0, 0.05) is 35.9 Å². The summed E-state index contributed by atoms with van der Waals surface area (Å²) in [5.41, 5.74) is 16.8. The van der Waals surface area contributed by atoms with Gasteiger partial charge < -0.3 is 21.5 Å². The lowest BCUT2D eigenvalue weighted by Crippen LogP contribution is -2.38. The van der Waals surface area contributed by atoms with Crippen LogP contribution in [-0.4, -0.2) is 30.5 Å². The summed E-state index contributed by atoms with van der Waals surface area (Å²) >= 11 is 0. The predicted molar refractivity (Wildman–Crippen MR) is 149 cm³/mol. The summed E-state index contributed by atoms with van der Waals surface area (Å²) in [5.74, 6) is 1.51. The molecular weight excluding hydrogens is 462 g/mol. The van der Waals surface area contributed by atoms with Gasteiger partial charge in [-0.3, -0.25) is 15.2 Å². The molecule has 2 unspecified atom stereocenters. The van der Waals surface area contributed by atoms with Crippen LogP contribution in [0.2, 0.25) is 0 Å². The molecule has 0 aliphatic carbocycles. The van der Waals surface area contributed by atoms with Crippen LogP contribution in [0, 0.1) is 11.3 Å². The molecule has 190 valence electrons. The van der Waals surface area contributed by atoms with Crippen LogP contribution in [0.3, 0.4) is 0 Å². The van der Waals surface area contributed by atoms with Crippen molar-refractivity contribution in [2.75, 3.05) is 6.54 Å². The van der Waals surface area contributed by atoms with E-state index in [1.54, 1.807) is 0 Å². The maximum absolute atomic E-state index is 10.9. The van der Waals surface area contributed by atoms with Gasteiger partial charge in [0.15, 0.2) is 0 Å². The first kappa shape index (κ1) is 25.9. The average Bonchev–Trinajstić information content (AvgIpc) is 2.91. The van der Waals surface area contributed by atoms with Crippen molar-refractivity contribution >= 4 is 23.7 Å². The van der Waals surface area contributed by atoms with E-state index in [2.05, 4.69) is 17.4 Å². The van der Waals surface area contributed by atoms with Gasteiger partial charge in [0.05, 0.1) is 5.70 Å². The fraction of sp³-hybridized carbons (Fsp3) is 0.233. The largest absolute Gasteiger partial charge is 0.457 e. The van der Waals surface area contributed by atoms with Crippen LogP contribution in [0.15, 0.2) is 95.5 Å². The average molecular weight is 496 g/mol. The number of amides is 1. The number of hydrogen-bond donors (Lipinski definition) is 4. The van der Waals surface area contributed by atoms with Crippen molar-refractivity contribution in [2.24, 2.45) is 22.4 Å². The van der Waals surface area contributed by atoms with Crippen molar-refractivity contribution in [3.05, 3.63) is 102 Å². The Labute approximate surface area is 217 Å². The molecule has 3 aromatic carbocycles. The van der Waals surface area contributed by atoms with Crippen LogP contribution in [-0.2, 0) is 11.2 Å². The van der Waals surface area contributed by atoms with Gasteiger partial charge in [-0.2, -0.15) is 0 Å². The second-order valence-corrected chi connectivity index (χ2v) is 9.11. The molecule has 7 nitrogen and oxygen atoms in total. The standard InChI is InChI=1S/C30H33N5O2/c31-26-19-27(22(17-18-34-20-36)12-11-21-7-3-1-4-8-21)35-29(28(26)30(32)33)23-13-15-25(16-14-23)37-24-9-5-2-6-10-24/h1-10,13-16,20,22,26H,11-12,17-19,31H2,(H3,32,33)(H,34,36). The monoisotopic (exact) mass is 495 g/mol.